The largest absolute Gasteiger partial charge is 0.326 e. The van der Waals surface area contributed by atoms with E-state index in [0.29, 0.717) is 23.1 Å². The Morgan fingerprint density at radius 1 is 1.11 bits per heavy atom. The molecule has 0 fully saturated rings. The van der Waals surface area contributed by atoms with Crippen LogP contribution in [-0.4, -0.2) is 42.2 Å². The van der Waals surface area contributed by atoms with Gasteiger partial charge in [0.25, 0.3) is 0 Å². The molecule has 3 rings (SSSR count). The normalized spacial score (nSPS) is 11.8. The summed E-state index contributed by atoms with van der Waals surface area (Å²) in [4.78, 5) is 28.6. The Hall–Kier alpha value is -2.98. The summed E-state index contributed by atoms with van der Waals surface area (Å²) in [7, 11) is -2.33. The number of carbonyl (C=O) groups excluding carboxylic acids is 1. The van der Waals surface area contributed by atoms with Gasteiger partial charge in [0.1, 0.15) is 5.82 Å². The quantitative estimate of drug-likeness (QED) is 0.557. The van der Waals surface area contributed by atoms with Crippen LogP contribution < -0.4 is 11.0 Å². The molecule has 0 unspecified atom stereocenters. The first-order valence-corrected chi connectivity index (χ1v) is 9.93. The number of sulfonamides is 1. The van der Waals surface area contributed by atoms with Crippen LogP contribution in [0.1, 0.15) is 12.8 Å². The van der Waals surface area contributed by atoms with Crippen molar-refractivity contribution in [3.8, 4) is 0 Å². The first kappa shape index (κ1) is 19.8. The van der Waals surface area contributed by atoms with Crippen molar-refractivity contribution in [2.24, 2.45) is 0 Å². The molecule has 0 atom stereocenters. The SMILES string of the molecule is CN(CCCC(=O)Nc1ccc2[nH]c(=O)[nH]c2c1)S(=O)(=O)c1ccc(F)cc1. The molecule has 0 radical (unpaired) electrons. The molecular formula is C18H19FN4O4S. The van der Waals surface area contributed by atoms with E-state index in [1.807, 2.05) is 0 Å². The van der Waals surface area contributed by atoms with Crippen molar-refractivity contribution in [3.63, 3.8) is 0 Å². The van der Waals surface area contributed by atoms with Gasteiger partial charge in [0, 0.05) is 25.7 Å². The number of rotatable bonds is 7. The van der Waals surface area contributed by atoms with E-state index in [1.54, 1.807) is 18.2 Å². The van der Waals surface area contributed by atoms with Gasteiger partial charge in [0.05, 0.1) is 15.9 Å². The minimum Gasteiger partial charge on any atom is -0.326 e. The van der Waals surface area contributed by atoms with Crippen molar-refractivity contribution in [3.05, 3.63) is 58.8 Å². The minimum atomic E-state index is -3.74. The molecule has 0 aliphatic rings. The molecule has 10 heteroatoms. The second-order valence-electron chi connectivity index (χ2n) is 6.27. The smallest absolute Gasteiger partial charge is 0.323 e. The van der Waals surface area contributed by atoms with E-state index in [-0.39, 0.29) is 29.5 Å². The molecule has 28 heavy (non-hydrogen) atoms. The van der Waals surface area contributed by atoms with Gasteiger partial charge in [-0.2, -0.15) is 0 Å². The Kier molecular flexibility index (Phi) is 5.61. The number of hydrogen-bond acceptors (Lipinski definition) is 4. The standard InChI is InChI=1S/C18H19FN4O4S/c1-23(28(26,27)14-7-4-12(19)5-8-14)10-2-3-17(24)20-13-6-9-15-16(11-13)22-18(25)21-15/h4-9,11H,2-3,10H2,1H3,(H,20,24)(H2,21,22,25). The molecule has 1 amide bonds. The summed E-state index contributed by atoms with van der Waals surface area (Å²) in [5.74, 6) is -0.787. The maximum Gasteiger partial charge on any atom is 0.323 e. The molecule has 0 aliphatic heterocycles. The summed E-state index contributed by atoms with van der Waals surface area (Å²) in [5.41, 5.74) is 1.41. The number of imidazole rings is 1. The topological polar surface area (TPSA) is 115 Å². The number of H-pyrrole nitrogens is 2. The first-order valence-electron chi connectivity index (χ1n) is 8.49. The summed E-state index contributed by atoms with van der Waals surface area (Å²) in [6.07, 6.45) is 0.428. The number of fused-ring (bicyclic) bond motifs is 1. The molecule has 2 aromatic carbocycles. The fraction of sp³-hybridized carbons (Fsp3) is 0.222. The molecule has 0 saturated carbocycles. The third-order valence-corrected chi connectivity index (χ3v) is 6.07. The van der Waals surface area contributed by atoms with E-state index in [1.165, 1.54) is 19.2 Å². The molecule has 1 aromatic heterocycles. The lowest BCUT2D eigenvalue weighted by Gasteiger charge is -2.17. The monoisotopic (exact) mass is 406 g/mol. The highest BCUT2D eigenvalue weighted by Crippen LogP contribution is 2.17. The highest BCUT2D eigenvalue weighted by atomic mass is 32.2. The lowest BCUT2D eigenvalue weighted by molar-refractivity contribution is -0.116. The van der Waals surface area contributed by atoms with Crippen LogP contribution in [0, 0.1) is 5.82 Å². The van der Waals surface area contributed by atoms with Crippen molar-refractivity contribution in [2.45, 2.75) is 17.7 Å². The van der Waals surface area contributed by atoms with Gasteiger partial charge in [-0.15, -0.1) is 0 Å². The third-order valence-electron chi connectivity index (χ3n) is 4.20. The third kappa shape index (κ3) is 4.46. The number of nitrogens with zero attached hydrogens (tertiary/aromatic N) is 1. The second-order valence-corrected chi connectivity index (χ2v) is 8.32. The summed E-state index contributed by atoms with van der Waals surface area (Å²) < 4.78 is 38.9. The number of benzene rings is 2. The van der Waals surface area contributed by atoms with Crippen molar-refractivity contribution < 1.29 is 17.6 Å². The van der Waals surface area contributed by atoms with Crippen molar-refractivity contribution in [2.75, 3.05) is 18.9 Å². The van der Waals surface area contributed by atoms with Gasteiger partial charge in [-0.05, 0) is 48.9 Å². The zero-order valence-electron chi connectivity index (χ0n) is 15.0. The molecule has 3 aromatic rings. The zero-order chi connectivity index (χ0) is 20.3. The maximum absolute atomic E-state index is 13.0. The van der Waals surface area contributed by atoms with Gasteiger partial charge >= 0.3 is 5.69 Å². The molecular weight excluding hydrogens is 387 g/mol. The van der Waals surface area contributed by atoms with E-state index in [9.17, 15) is 22.4 Å². The predicted octanol–water partition coefficient (Wildman–Crippen LogP) is 2.03. The van der Waals surface area contributed by atoms with Crippen LogP contribution in [-0.2, 0) is 14.8 Å². The van der Waals surface area contributed by atoms with Crippen LogP contribution in [0.15, 0.2) is 52.2 Å². The summed E-state index contributed by atoms with van der Waals surface area (Å²) in [6.45, 7) is 0.136. The number of anilines is 1. The van der Waals surface area contributed by atoms with Gasteiger partial charge in [-0.3, -0.25) is 4.79 Å². The van der Waals surface area contributed by atoms with Gasteiger partial charge in [0.15, 0.2) is 0 Å². The van der Waals surface area contributed by atoms with Gasteiger partial charge < -0.3 is 15.3 Å². The highest BCUT2D eigenvalue weighted by molar-refractivity contribution is 7.89. The van der Waals surface area contributed by atoms with Gasteiger partial charge in [-0.25, -0.2) is 21.9 Å². The molecule has 0 bridgehead atoms. The van der Waals surface area contributed by atoms with Gasteiger partial charge in [-0.1, -0.05) is 0 Å². The average Bonchev–Trinajstić information content (AvgIpc) is 3.01. The number of hydrogen-bond donors (Lipinski definition) is 3. The minimum absolute atomic E-state index is 0.00495. The zero-order valence-corrected chi connectivity index (χ0v) is 15.8. The van der Waals surface area contributed by atoms with Crippen LogP contribution in [0.25, 0.3) is 11.0 Å². The number of aromatic amines is 2. The van der Waals surface area contributed by atoms with Crippen molar-refractivity contribution in [1.29, 1.82) is 0 Å². The molecule has 0 saturated heterocycles. The van der Waals surface area contributed by atoms with Crippen molar-refractivity contribution in [1.82, 2.24) is 14.3 Å². The lowest BCUT2D eigenvalue weighted by Crippen LogP contribution is -2.28. The van der Waals surface area contributed by atoms with E-state index in [4.69, 9.17) is 0 Å². The van der Waals surface area contributed by atoms with Crippen LogP contribution in [0.3, 0.4) is 0 Å². The summed E-state index contributed by atoms with van der Waals surface area (Å²) in [6, 6.07) is 9.55. The van der Waals surface area contributed by atoms with E-state index in [0.717, 1.165) is 16.4 Å². The van der Waals surface area contributed by atoms with Gasteiger partial charge in [0.2, 0.25) is 15.9 Å². The molecule has 148 valence electrons. The molecule has 8 nitrogen and oxygen atoms in total. The Labute approximate surface area is 160 Å². The molecule has 1 heterocycles. The predicted molar refractivity (Wildman–Crippen MR) is 103 cm³/mol. The lowest BCUT2D eigenvalue weighted by atomic mass is 10.2. The number of aromatic nitrogens is 2. The maximum atomic E-state index is 13.0. The van der Waals surface area contributed by atoms with E-state index < -0.39 is 15.8 Å². The number of carbonyl (C=O) groups is 1. The van der Waals surface area contributed by atoms with Crippen LogP contribution >= 0.6 is 0 Å². The number of nitrogens with one attached hydrogen (secondary N) is 3. The Morgan fingerprint density at radius 3 is 2.50 bits per heavy atom. The molecule has 0 spiro atoms. The van der Waals surface area contributed by atoms with Crippen LogP contribution in [0.4, 0.5) is 10.1 Å². The van der Waals surface area contributed by atoms with Crippen molar-refractivity contribution >= 4 is 32.7 Å². The summed E-state index contributed by atoms with van der Waals surface area (Å²) in [5, 5.41) is 2.71. The fourth-order valence-electron chi connectivity index (χ4n) is 2.70. The Bertz CT molecular complexity index is 1150. The van der Waals surface area contributed by atoms with E-state index in [2.05, 4.69) is 15.3 Å². The van der Waals surface area contributed by atoms with Crippen LogP contribution in [0.5, 0.6) is 0 Å². The number of amides is 1. The molecule has 0 aliphatic carbocycles. The number of halogens is 1. The van der Waals surface area contributed by atoms with Crippen LogP contribution in [0.2, 0.25) is 0 Å². The fourth-order valence-corrected chi connectivity index (χ4v) is 3.91. The molecule has 3 N–H and O–H groups in total. The first-order chi connectivity index (χ1) is 13.3. The van der Waals surface area contributed by atoms with E-state index >= 15 is 0 Å². The highest BCUT2D eigenvalue weighted by Gasteiger charge is 2.20. The second kappa shape index (κ2) is 7.95. The average molecular weight is 406 g/mol. The Morgan fingerprint density at radius 2 is 1.79 bits per heavy atom. The Balaban J connectivity index is 1.53. The summed E-state index contributed by atoms with van der Waals surface area (Å²) >= 11 is 0.